The van der Waals surface area contributed by atoms with Gasteiger partial charge in [-0.05, 0) is 51.8 Å². The standard InChI is InChI=1S/C25H30N4O4S2/c1-8-11-29-22(17(5)33-19-10-9-14(2)12-15(19)3)27-28-25(29)34-13-20(30)26-23-21(24(31)32-7)16(4)18(6)35-23/h8-10,12,17H,1,11,13H2,2-7H3,(H,26,30). The van der Waals surface area contributed by atoms with Crippen molar-refractivity contribution in [2.45, 2.75) is 52.4 Å². The number of carbonyl (C=O) groups excluding carboxylic acids is 2. The molecule has 35 heavy (non-hydrogen) atoms. The largest absolute Gasteiger partial charge is 0.482 e. The van der Waals surface area contributed by atoms with Crippen LogP contribution in [0.2, 0.25) is 0 Å². The predicted molar refractivity (Wildman–Crippen MR) is 140 cm³/mol. The van der Waals surface area contributed by atoms with E-state index in [1.165, 1.54) is 35.8 Å². The monoisotopic (exact) mass is 514 g/mol. The Morgan fingerprint density at radius 2 is 2.00 bits per heavy atom. The molecule has 3 aromatic rings. The van der Waals surface area contributed by atoms with Crippen LogP contribution in [0.15, 0.2) is 36.0 Å². The summed E-state index contributed by atoms with van der Waals surface area (Å²) in [5, 5.41) is 12.5. The number of thioether (sulfide) groups is 1. The zero-order chi connectivity index (χ0) is 25.7. The normalized spacial score (nSPS) is 11.7. The highest BCUT2D eigenvalue weighted by atomic mass is 32.2. The maximum absolute atomic E-state index is 12.7. The molecule has 8 nitrogen and oxygen atoms in total. The number of esters is 1. The molecule has 0 saturated carbocycles. The number of aromatic nitrogens is 3. The molecule has 0 saturated heterocycles. The number of aryl methyl sites for hydroxylation is 3. The van der Waals surface area contributed by atoms with Gasteiger partial charge in [0.25, 0.3) is 0 Å². The fourth-order valence-electron chi connectivity index (χ4n) is 3.54. The molecule has 1 amide bonds. The quantitative estimate of drug-likeness (QED) is 0.219. The predicted octanol–water partition coefficient (Wildman–Crippen LogP) is 5.42. The Bertz CT molecular complexity index is 1250. The molecule has 3 rings (SSSR count). The number of allylic oxidation sites excluding steroid dienone is 1. The molecule has 0 bridgehead atoms. The number of carbonyl (C=O) groups is 2. The average Bonchev–Trinajstić information content (AvgIpc) is 3.34. The Balaban J connectivity index is 1.72. The summed E-state index contributed by atoms with van der Waals surface area (Å²) in [6.07, 6.45) is 1.40. The van der Waals surface area contributed by atoms with Gasteiger partial charge in [0.2, 0.25) is 5.91 Å². The van der Waals surface area contributed by atoms with Crippen LogP contribution in [0.3, 0.4) is 0 Å². The minimum Gasteiger partial charge on any atom is -0.482 e. The average molecular weight is 515 g/mol. The molecule has 0 aliphatic carbocycles. The van der Waals surface area contributed by atoms with Crippen LogP contribution in [0, 0.1) is 27.7 Å². The minimum absolute atomic E-state index is 0.0954. The number of hydrogen-bond acceptors (Lipinski definition) is 8. The summed E-state index contributed by atoms with van der Waals surface area (Å²) in [5.41, 5.74) is 3.41. The Hall–Kier alpha value is -3.11. The third-order valence-corrected chi connectivity index (χ3v) is 7.50. The summed E-state index contributed by atoms with van der Waals surface area (Å²) >= 11 is 2.61. The Morgan fingerprint density at radius 3 is 2.66 bits per heavy atom. The number of nitrogens with one attached hydrogen (secondary N) is 1. The van der Waals surface area contributed by atoms with E-state index >= 15 is 0 Å². The van der Waals surface area contributed by atoms with Crippen molar-refractivity contribution in [1.82, 2.24) is 14.8 Å². The highest BCUT2D eigenvalue weighted by molar-refractivity contribution is 7.99. The highest BCUT2D eigenvalue weighted by Crippen LogP contribution is 2.33. The summed E-state index contributed by atoms with van der Waals surface area (Å²) in [5.74, 6) is 0.801. The maximum Gasteiger partial charge on any atom is 0.341 e. The van der Waals surface area contributed by atoms with Crippen molar-refractivity contribution in [3.05, 3.63) is 63.8 Å². The van der Waals surface area contributed by atoms with Crippen LogP contribution in [0.1, 0.15) is 50.8 Å². The number of thiophene rings is 1. The summed E-state index contributed by atoms with van der Waals surface area (Å²) in [6.45, 7) is 14.0. The Kier molecular flexibility index (Phi) is 8.74. The molecule has 2 aromatic heterocycles. The van der Waals surface area contributed by atoms with Gasteiger partial charge in [-0.1, -0.05) is 35.5 Å². The van der Waals surface area contributed by atoms with Gasteiger partial charge in [-0.3, -0.25) is 9.36 Å². The van der Waals surface area contributed by atoms with Crippen molar-refractivity contribution < 1.29 is 19.1 Å². The third-order valence-electron chi connectivity index (χ3n) is 5.42. The molecular formula is C25H30N4O4S2. The first kappa shape index (κ1) is 26.5. The zero-order valence-corrected chi connectivity index (χ0v) is 22.4. The van der Waals surface area contributed by atoms with Crippen molar-refractivity contribution in [2.24, 2.45) is 0 Å². The molecule has 1 atom stereocenters. The SMILES string of the molecule is C=CCn1c(SCC(=O)Nc2sc(C)c(C)c2C(=O)OC)nnc1C(C)Oc1ccc(C)cc1C. The first-order chi connectivity index (χ1) is 16.7. The minimum atomic E-state index is -0.469. The molecule has 0 aliphatic rings. The van der Waals surface area contributed by atoms with Gasteiger partial charge in [-0.25, -0.2) is 4.79 Å². The maximum atomic E-state index is 12.7. The van der Waals surface area contributed by atoms with E-state index in [9.17, 15) is 9.59 Å². The molecule has 1 aromatic carbocycles. The molecule has 0 spiro atoms. The van der Waals surface area contributed by atoms with Gasteiger partial charge in [0.15, 0.2) is 17.1 Å². The van der Waals surface area contributed by atoms with E-state index in [-0.39, 0.29) is 17.8 Å². The van der Waals surface area contributed by atoms with Crippen LogP contribution in [-0.4, -0.2) is 39.5 Å². The van der Waals surface area contributed by atoms with Crippen LogP contribution < -0.4 is 10.1 Å². The Morgan fingerprint density at radius 1 is 1.26 bits per heavy atom. The first-order valence-corrected chi connectivity index (χ1v) is 12.8. The van der Waals surface area contributed by atoms with Crippen molar-refractivity contribution >= 4 is 40.0 Å². The Labute approximate surface area is 213 Å². The summed E-state index contributed by atoms with van der Waals surface area (Å²) < 4.78 is 12.9. The summed E-state index contributed by atoms with van der Waals surface area (Å²) in [7, 11) is 1.32. The van der Waals surface area contributed by atoms with Gasteiger partial charge in [0, 0.05) is 11.4 Å². The van der Waals surface area contributed by atoms with Crippen molar-refractivity contribution in [3.63, 3.8) is 0 Å². The molecule has 0 aliphatic heterocycles. The number of hydrogen-bond donors (Lipinski definition) is 1. The third kappa shape index (κ3) is 6.12. The molecule has 1 N–H and O–H groups in total. The van der Waals surface area contributed by atoms with Gasteiger partial charge < -0.3 is 14.8 Å². The molecule has 186 valence electrons. The number of rotatable bonds is 10. The lowest BCUT2D eigenvalue weighted by Crippen LogP contribution is -2.17. The van der Waals surface area contributed by atoms with Crippen molar-refractivity contribution in [1.29, 1.82) is 0 Å². The van der Waals surface area contributed by atoms with Crippen LogP contribution in [-0.2, 0) is 16.1 Å². The van der Waals surface area contributed by atoms with E-state index in [4.69, 9.17) is 9.47 Å². The second-order valence-corrected chi connectivity index (χ2v) is 10.3. The number of anilines is 1. The molecule has 0 radical (unpaired) electrons. The number of amides is 1. The van der Waals surface area contributed by atoms with E-state index in [2.05, 4.69) is 28.2 Å². The van der Waals surface area contributed by atoms with E-state index < -0.39 is 5.97 Å². The smallest absolute Gasteiger partial charge is 0.341 e. The lowest BCUT2D eigenvalue weighted by Gasteiger charge is -2.17. The van der Waals surface area contributed by atoms with Crippen molar-refractivity contribution in [2.75, 3.05) is 18.2 Å². The van der Waals surface area contributed by atoms with E-state index in [0.29, 0.717) is 28.1 Å². The van der Waals surface area contributed by atoms with E-state index in [0.717, 1.165) is 21.8 Å². The molecule has 1 unspecified atom stereocenters. The first-order valence-electron chi connectivity index (χ1n) is 11.0. The molecule has 0 fully saturated rings. The fourth-order valence-corrected chi connectivity index (χ4v) is 5.36. The van der Waals surface area contributed by atoms with Gasteiger partial charge in [-0.2, -0.15) is 0 Å². The van der Waals surface area contributed by atoms with Crippen LogP contribution >= 0.6 is 23.1 Å². The van der Waals surface area contributed by atoms with E-state index in [1.807, 2.05) is 51.3 Å². The summed E-state index contributed by atoms with van der Waals surface area (Å²) in [6, 6.07) is 6.02. The second kappa shape index (κ2) is 11.5. The second-order valence-electron chi connectivity index (χ2n) is 8.08. The van der Waals surface area contributed by atoms with Crippen LogP contribution in [0.5, 0.6) is 5.75 Å². The lowest BCUT2D eigenvalue weighted by atomic mass is 10.1. The van der Waals surface area contributed by atoms with Crippen LogP contribution in [0.4, 0.5) is 5.00 Å². The number of ether oxygens (including phenoxy) is 2. The highest BCUT2D eigenvalue weighted by Gasteiger charge is 2.23. The van der Waals surface area contributed by atoms with Gasteiger partial charge in [0.1, 0.15) is 10.8 Å². The van der Waals surface area contributed by atoms with E-state index in [1.54, 1.807) is 6.08 Å². The number of benzene rings is 1. The lowest BCUT2D eigenvalue weighted by molar-refractivity contribution is -0.113. The van der Waals surface area contributed by atoms with Gasteiger partial charge in [0.05, 0.1) is 18.4 Å². The zero-order valence-electron chi connectivity index (χ0n) is 20.8. The van der Waals surface area contributed by atoms with Crippen LogP contribution in [0.25, 0.3) is 0 Å². The number of methoxy groups -OCH3 is 1. The summed E-state index contributed by atoms with van der Waals surface area (Å²) in [4.78, 5) is 25.8. The topological polar surface area (TPSA) is 95.3 Å². The van der Waals surface area contributed by atoms with Gasteiger partial charge in [-0.15, -0.1) is 28.1 Å². The molecular weight excluding hydrogens is 484 g/mol. The van der Waals surface area contributed by atoms with Gasteiger partial charge >= 0.3 is 5.97 Å². The van der Waals surface area contributed by atoms with Crippen molar-refractivity contribution in [3.8, 4) is 5.75 Å². The molecule has 10 heteroatoms. The number of nitrogens with zero attached hydrogens (tertiary/aromatic N) is 3. The fraction of sp³-hybridized carbons (Fsp3) is 0.360. The molecule has 2 heterocycles.